The third-order valence-electron chi connectivity index (χ3n) is 4.75. The Hall–Kier alpha value is 0.947. The van der Waals surface area contributed by atoms with Gasteiger partial charge in [0.2, 0.25) is 0 Å². The van der Waals surface area contributed by atoms with Crippen LogP contribution in [0.4, 0.5) is 0 Å². The van der Waals surface area contributed by atoms with Crippen LogP contribution in [0.15, 0.2) is 0 Å². The predicted molar refractivity (Wildman–Crippen MR) is 120 cm³/mol. The Balaban J connectivity index is 7.08. The summed E-state index contributed by atoms with van der Waals surface area (Å²) in [6.45, 7) is 19.2. The summed E-state index contributed by atoms with van der Waals surface area (Å²) in [5.41, 5.74) is 0.645. The lowest BCUT2D eigenvalue weighted by molar-refractivity contribution is 0.230. The van der Waals surface area contributed by atoms with Crippen LogP contribution in [0.5, 0.6) is 0 Å². The van der Waals surface area contributed by atoms with E-state index in [4.69, 9.17) is 18.1 Å². The van der Waals surface area contributed by atoms with E-state index in [-0.39, 0.29) is 43.1 Å². The molecule has 0 saturated heterocycles. The molecule has 10 heteroatoms. The molecule has 0 aromatic carbocycles. The molecule has 0 amide bonds. The van der Waals surface area contributed by atoms with Crippen LogP contribution in [0, 0.1) is 0 Å². The quantitative estimate of drug-likeness (QED) is 0.192. The highest BCUT2D eigenvalue weighted by atomic mass is 32.6. The lowest BCUT2D eigenvalue weighted by Crippen LogP contribution is -2.43. The molecule has 27 heavy (non-hydrogen) atoms. The van der Waals surface area contributed by atoms with Crippen molar-refractivity contribution in [3.05, 3.63) is 0 Å². The molecule has 0 aromatic heterocycles. The Morgan fingerprint density at radius 3 is 1.00 bits per heavy atom. The second kappa shape index (κ2) is 12.0. The van der Waals surface area contributed by atoms with Gasteiger partial charge in [-0.3, -0.25) is 9.13 Å². The topological polar surface area (TPSA) is 71.1 Å². The summed E-state index contributed by atoms with van der Waals surface area (Å²) in [6.07, 6.45) is 0. The summed E-state index contributed by atoms with van der Waals surface area (Å²) < 4.78 is 51.5. The first kappa shape index (κ1) is 27.9. The SMILES string of the molecule is CCOP(=O)(OCC)P([Si](C(C)C)(C(C)C)C(C)C)P(=O)(OCC)OCC. The van der Waals surface area contributed by atoms with Gasteiger partial charge in [-0.2, -0.15) is 0 Å². The molecule has 0 fully saturated rings. The minimum Gasteiger partial charge on any atom is -0.306 e. The molecule has 164 valence electrons. The van der Waals surface area contributed by atoms with Crippen LogP contribution < -0.4 is 0 Å². The van der Waals surface area contributed by atoms with Gasteiger partial charge in [0.25, 0.3) is 0 Å². The highest BCUT2D eigenvalue weighted by Gasteiger charge is 2.66. The predicted octanol–water partition coefficient (Wildman–Crippen LogP) is 8.01. The molecule has 0 aliphatic carbocycles. The maximum absolute atomic E-state index is 14.2. The Labute approximate surface area is 168 Å². The zero-order valence-electron chi connectivity index (χ0n) is 18.9. The molecule has 0 unspecified atom stereocenters. The van der Waals surface area contributed by atoms with E-state index in [0.29, 0.717) is 0 Å². The molecule has 0 atom stereocenters. The van der Waals surface area contributed by atoms with Crippen LogP contribution in [-0.2, 0) is 27.2 Å². The largest absolute Gasteiger partial charge is 0.357 e. The van der Waals surface area contributed by atoms with Gasteiger partial charge in [0.1, 0.15) is 14.6 Å². The van der Waals surface area contributed by atoms with Crippen molar-refractivity contribution < 1.29 is 27.2 Å². The molecule has 6 nitrogen and oxygen atoms in total. The fraction of sp³-hybridized carbons (Fsp3) is 1.00. The number of hydrogen-bond donors (Lipinski definition) is 0. The molecule has 0 aromatic rings. The van der Waals surface area contributed by atoms with Crippen LogP contribution in [0.25, 0.3) is 0 Å². The Morgan fingerprint density at radius 1 is 0.630 bits per heavy atom. The standard InChI is InChI=1S/C17H41O6P3Si/c1-11-20-25(18,21-12-2)24(26(19,22-13-3)23-14-4)27(15(5)6,16(7)8)17(9)10/h15-17H,11-14H2,1-10H3. The van der Waals surface area contributed by atoms with Gasteiger partial charge in [-0.15, -0.1) is 0 Å². The van der Waals surface area contributed by atoms with E-state index in [0.717, 1.165) is 0 Å². The van der Waals surface area contributed by atoms with Gasteiger partial charge in [0.15, 0.2) is 0 Å². The van der Waals surface area contributed by atoms with Crippen molar-refractivity contribution in [3.8, 4) is 0 Å². The van der Waals surface area contributed by atoms with Gasteiger partial charge in [0, 0.05) is 0 Å². The molecule has 0 saturated carbocycles. The van der Waals surface area contributed by atoms with Crippen molar-refractivity contribution in [2.45, 2.75) is 85.9 Å². The minimum absolute atomic E-state index is 0.215. The summed E-state index contributed by atoms with van der Waals surface area (Å²) in [6, 6.07) is 0. The summed E-state index contributed by atoms with van der Waals surface area (Å²) in [4.78, 5) is 0. The van der Waals surface area contributed by atoms with Crippen molar-refractivity contribution in [1.29, 1.82) is 0 Å². The van der Waals surface area contributed by atoms with Crippen molar-refractivity contribution in [2.75, 3.05) is 26.4 Å². The summed E-state index contributed by atoms with van der Waals surface area (Å²) in [5, 5.41) is 0. The third kappa shape index (κ3) is 5.98. The Morgan fingerprint density at radius 2 is 0.852 bits per heavy atom. The Kier molecular flexibility index (Phi) is 12.4. The second-order valence-electron chi connectivity index (χ2n) is 7.25. The molecule has 0 rings (SSSR count). The average Bonchev–Trinajstić information content (AvgIpc) is 2.51. The van der Waals surface area contributed by atoms with Crippen LogP contribution >= 0.6 is 21.4 Å². The van der Waals surface area contributed by atoms with Gasteiger partial charge < -0.3 is 18.1 Å². The van der Waals surface area contributed by atoms with E-state index < -0.39 is 29.2 Å². The highest BCUT2D eigenvalue weighted by Crippen LogP contribution is 3.01. The van der Waals surface area contributed by atoms with Gasteiger partial charge in [-0.05, 0) is 44.3 Å². The lowest BCUT2D eigenvalue weighted by atomic mass is 10.5. The maximum atomic E-state index is 14.2. The first-order valence-corrected chi connectivity index (χ1v) is 18.9. The molecular formula is C17H41O6P3Si. The fourth-order valence-electron chi connectivity index (χ4n) is 4.20. The van der Waals surface area contributed by atoms with Crippen molar-refractivity contribution in [3.63, 3.8) is 0 Å². The first-order valence-electron chi connectivity index (χ1n) is 10.0. The second-order valence-corrected chi connectivity index (χ2v) is 28.2. The van der Waals surface area contributed by atoms with Gasteiger partial charge in [-0.25, -0.2) is 0 Å². The molecule has 0 bridgehead atoms. The van der Waals surface area contributed by atoms with Crippen LogP contribution in [-0.4, -0.2) is 34.2 Å². The molecule has 0 radical (unpaired) electrons. The monoisotopic (exact) mass is 462 g/mol. The minimum atomic E-state index is -3.68. The summed E-state index contributed by atoms with van der Waals surface area (Å²) >= 11 is 0. The van der Waals surface area contributed by atoms with Gasteiger partial charge in [0.05, 0.1) is 26.4 Å². The van der Waals surface area contributed by atoms with Crippen molar-refractivity contribution in [1.82, 2.24) is 0 Å². The van der Waals surface area contributed by atoms with E-state index >= 15 is 0 Å². The number of hydrogen-bond acceptors (Lipinski definition) is 6. The van der Waals surface area contributed by atoms with Gasteiger partial charge >= 0.3 is 14.6 Å². The van der Waals surface area contributed by atoms with Gasteiger partial charge in [-0.1, -0.05) is 41.5 Å². The van der Waals surface area contributed by atoms with E-state index in [1.807, 2.05) is 0 Å². The zero-order chi connectivity index (χ0) is 21.5. The molecule has 0 aliphatic rings. The van der Waals surface area contributed by atoms with E-state index in [2.05, 4.69) is 41.5 Å². The van der Waals surface area contributed by atoms with E-state index in [1.54, 1.807) is 27.7 Å². The van der Waals surface area contributed by atoms with Crippen molar-refractivity contribution >= 4 is 29.2 Å². The summed E-state index contributed by atoms with van der Waals surface area (Å²) in [5.74, 6) is 0. The van der Waals surface area contributed by atoms with E-state index in [1.165, 1.54) is 0 Å². The average molecular weight is 463 g/mol. The van der Waals surface area contributed by atoms with Crippen molar-refractivity contribution in [2.24, 2.45) is 0 Å². The molecular weight excluding hydrogens is 421 g/mol. The van der Waals surface area contributed by atoms with E-state index in [9.17, 15) is 9.13 Å². The molecule has 0 spiro atoms. The smallest absolute Gasteiger partial charge is 0.306 e. The highest BCUT2D eigenvalue weighted by molar-refractivity contribution is 8.71. The first-order chi connectivity index (χ1) is 12.4. The molecule has 0 N–H and O–H groups in total. The number of rotatable bonds is 14. The third-order valence-corrected chi connectivity index (χ3v) is 39.7. The maximum Gasteiger partial charge on any atom is 0.357 e. The van der Waals surface area contributed by atoms with Crippen LogP contribution in [0.2, 0.25) is 16.6 Å². The van der Waals surface area contributed by atoms with Crippen LogP contribution in [0.1, 0.15) is 69.2 Å². The fourth-order valence-corrected chi connectivity index (χ4v) is 49.3. The van der Waals surface area contributed by atoms with Crippen LogP contribution in [0.3, 0.4) is 0 Å². The normalized spacial score (nSPS) is 14.1. The summed E-state index contributed by atoms with van der Waals surface area (Å²) in [7, 11) is -9.90. The lowest BCUT2D eigenvalue weighted by Gasteiger charge is -2.50. The molecule has 0 heterocycles. The Bertz CT molecular complexity index is 455. The zero-order valence-corrected chi connectivity index (χ0v) is 22.5. The molecule has 0 aliphatic heterocycles.